The van der Waals surface area contributed by atoms with Gasteiger partial charge in [0.2, 0.25) is 0 Å². The molecule has 25 heavy (non-hydrogen) atoms. The maximum atomic E-state index is 12.2. The molecule has 1 N–H and O–H groups in total. The van der Waals surface area contributed by atoms with Gasteiger partial charge in [-0.3, -0.25) is 19.8 Å². The van der Waals surface area contributed by atoms with Gasteiger partial charge in [-0.2, -0.15) is 5.10 Å². The first kappa shape index (κ1) is 16.6. The van der Waals surface area contributed by atoms with Crippen molar-refractivity contribution < 1.29 is 14.4 Å². The van der Waals surface area contributed by atoms with Crippen molar-refractivity contribution in [3.05, 3.63) is 52.4 Å². The Labute approximate surface area is 144 Å². The molecule has 2 aromatic rings. The number of carbonyl (C=O) groups excluding carboxylic acids is 3. The molecule has 1 aliphatic rings. The number of hydrogen-bond donors (Lipinski definition) is 1. The number of barbiturate groups is 1. The van der Waals surface area contributed by atoms with E-state index in [0.29, 0.717) is 11.3 Å². The molecule has 0 spiro atoms. The molecule has 0 aliphatic carbocycles. The Bertz CT molecular complexity index is 923. The Kier molecular flexibility index (Phi) is 4.00. The zero-order valence-corrected chi connectivity index (χ0v) is 14.5. The highest BCUT2D eigenvalue weighted by molar-refractivity contribution is 6.30. The van der Waals surface area contributed by atoms with Crippen molar-refractivity contribution in [1.82, 2.24) is 20.0 Å². The van der Waals surface area contributed by atoms with Crippen LogP contribution in [0.3, 0.4) is 0 Å². The molecule has 1 fully saturated rings. The smallest absolute Gasteiger partial charge is 0.273 e. The van der Waals surface area contributed by atoms with E-state index >= 15 is 0 Å². The van der Waals surface area contributed by atoms with E-state index in [1.165, 1.54) is 13.1 Å². The molecule has 4 amide bonds. The predicted molar refractivity (Wildman–Crippen MR) is 92.1 cm³/mol. The molecule has 0 saturated carbocycles. The van der Waals surface area contributed by atoms with E-state index in [-0.39, 0.29) is 5.57 Å². The summed E-state index contributed by atoms with van der Waals surface area (Å²) in [6.07, 6.45) is 1.49. The van der Waals surface area contributed by atoms with E-state index in [1.54, 1.807) is 4.68 Å². The summed E-state index contributed by atoms with van der Waals surface area (Å²) in [7, 11) is 1.33. The molecule has 0 bridgehead atoms. The molecule has 1 saturated heterocycles. The second-order valence-corrected chi connectivity index (χ2v) is 6.01. The highest BCUT2D eigenvalue weighted by Crippen LogP contribution is 2.22. The molecular formula is C18H18N4O3. The molecule has 7 nitrogen and oxygen atoms in total. The average Bonchev–Trinajstić information content (AvgIpc) is 2.85. The van der Waals surface area contributed by atoms with Crippen LogP contribution < -0.4 is 5.32 Å². The minimum Gasteiger partial charge on any atom is -0.273 e. The third-order valence-electron chi connectivity index (χ3n) is 4.22. The first-order valence-corrected chi connectivity index (χ1v) is 7.78. The van der Waals surface area contributed by atoms with Crippen LogP contribution in [0, 0.1) is 20.8 Å². The Morgan fingerprint density at radius 3 is 2.32 bits per heavy atom. The van der Waals surface area contributed by atoms with Gasteiger partial charge in [0.05, 0.1) is 11.4 Å². The number of carbonyl (C=O) groups is 3. The van der Waals surface area contributed by atoms with Gasteiger partial charge in [0.25, 0.3) is 11.8 Å². The monoisotopic (exact) mass is 338 g/mol. The molecule has 0 atom stereocenters. The number of amides is 4. The van der Waals surface area contributed by atoms with E-state index in [2.05, 4.69) is 10.4 Å². The molecular weight excluding hydrogens is 320 g/mol. The van der Waals surface area contributed by atoms with Crippen molar-refractivity contribution >= 4 is 23.9 Å². The number of aromatic nitrogens is 2. The van der Waals surface area contributed by atoms with E-state index in [0.717, 1.165) is 21.8 Å². The SMILES string of the molecule is Cc1ccc(-n2nc(C)c(/C=C3\C(=O)NC(=O)N(C)C3=O)c2C)cc1. The molecule has 1 aromatic carbocycles. The van der Waals surface area contributed by atoms with Crippen molar-refractivity contribution in [2.75, 3.05) is 7.05 Å². The van der Waals surface area contributed by atoms with Crippen LogP contribution in [0.5, 0.6) is 0 Å². The van der Waals surface area contributed by atoms with Crippen LogP contribution in [0.1, 0.15) is 22.5 Å². The summed E-state index contributed by atoms with van der Waals surface area (Å²) in [5.74, 6) is -1.33. The van der Waals surface area contributed by atoms with Gasteiger partial charge >= 0.3 is 6.03 Å². The van der Waals surface area contributed by atoms with Crippen molar-refractivity contribution in [1.29, 1.82) is 0 Å². The van der Waals surface area contributed by atoms with E-state index in [9.17, 15) is 14.4 Å². The van der Waals surface area contributed by atoms with Gasteiger partial charge in [0.1, 0.15) is 5.57 Å². The predicted octanol–water partition coefficient (Wildman–Crippen LogP) is 1.89. The Hall–Kier alpha value is -3.22. The second kappa shape index (κ2) is 6.01. The third kappa shape index (κ3) is 2.84. The summed E-state index contributed by atoms with van der Waals surface area (Å²) < 4.78 is 1.77. The van der Waals surface area contributed by atoms with Crippen molar-refractivity contribution in [3.8, 4) is 5.69 Å². The zero-order chi connectivity index (χ0) is 18.3. The zero-order valence-electron chi connectivity index (χ0n) is 14.5. The maximum absolute atomic E-state index is 12.2. The Morgan fingerprint density at radius 2 is 1.68 bits per heavy atom. The van der Waals surface area contributed by atoms with Crippen molar-refractivity contribution in [2.24, 2.45) is 0 Å². The van der Waals surface area contributed by atoms with Crippen LogP contribution in [0.25, 0.3) is 11.8 Å². The minimum atomic E-state index is -0.726. The van der Waals surface area contributed by atoms with Crippen molar-refractivity contribution in [2.45, 2.75) is 20.8 Å². The number of imide groups is 2. The van der Waals surface area contributed by atoms with Crippen LogP contribution >= 0.6 is 0 Å². The summed E-state index contributed by atoms with van der Waals surface area (Å²) in [6.45, 7) is 5.68. The lowest BCUT2D eigenvalue weighted by Crippen LogP contribution is -2.52. The Balaban J connectivity index is 2.07. The van der Waals surface area contributed by atoms with Crippen LogP contribution in [-0.2, 0) is 9.59 Å². The number of benzene rings is 1. The molecule has 128 valence electrons. The van der Waals surface area contributed by atoms with Crippen LogP contribution in [0.2, 0.25) is 0 Å². The Morgan fingerprint density at radius 1 is 1.04 bits per heavy atom. The lowest BCUT2D eigenvalue weighted by molar-refractivity contribution is -0.129. The first-order valence-electron chi connectivity index (χ1n) is 7.78. The van der Waals surface area contributed by atoms with Gasteiger partial charge in [-0.25, -0.2) is 9.48 Å². The molecule has 1 aliphatic heterocycles. The van der Waals surface area contributed by atoms with Crippen molar-refractivity contribution in [3.63, 3.8) is 0 Å². The summed E-state index contributed by atoms with van der Waals surface area (Å²) >= 11 is 0. The molecule has 0 radical (unpaired) electrons. The summed E-state index contributed by atoms with van der Waals surface area (Å²) in [5, 5.41) is 6.65. The number of urea groups is 1. The number of likely N-dealkylation sites (N-methyl/N-ethyl adjacent to an activating group) is 1. The number of nitrogens with one attached hydrogen (secondary N) is 1. The van der Waals surface area contributed by atoms with Gasteiger partial charge in [-0.1, -0.05) is 17.7 Å². The highest BCUT2D eigenvalue weighted by Gasteiger charge is 2.33. The first-order chi connectivity index (χ1) is 11.8. The summed E-state index contributed by atoms with van der Waals surface area (Å²) in [4.78, 5) is 36.6. The van der Waals surface area contributed by atoms with E-state index in [4.69, 9.17) is 0 Å². The number of hydrogen-bond acceptors (Lipinski definition) is 4. The summed E-state index contributed by atoms with van der Waals surface area (Å²) in [6, 6.07) is 7.16. The van der Waals surface area contributed by atoms with Gasteiger partial charge in [-0.15, -0.1) is 0 Å². The fourth-order valence-corrected chi connectivity index (χ4v) is 2.69. The quantitative estimate of drug-likeness (QED) is 0.669. The number of aryl methyl sites for hydroxylation is 2. The normalized spacial score (nSPS) is 16.6. The van der Waals surface area contributed by atoms with Gasteiger partial charge in [0, 0.05) is 18.3 Å². The molecule has 7 heteroatoms. The fraction of sp³-hybridized carbons (Fsp3) is 0.222. The van der Waals surface area contributed by atoms with Gasteiger partial charge in [-0.05, 0) is 39.0 Å². The highest BCUT2D eigenvalue weighted by atomic mass is 16.2. The van der Waals surface area contributed by atoms with E-state index < -0.39 is 17.8 Å². The molecule has 0 unspecified atom stereocenters. The molecule has 1 aromatic heterocycles. The second-order valence-electron chi connectivity index (χ2n) is 6.01. The number of nitrogens with zero attached hydrogens (tertiary/aromatic N) is 3. The van der Waals surface area contributed by atoms with Crippen LogP contribution in [0.4, 0.5) is 4.79 Å². The lowest BCUT2D eigenvalue weighted by atomic mass is 10.1. The standard InChI is InChI=1S/C18H18N4O3/c1-10-5-7-13(8-6-10)22-12(3)14(11(2)20-22)9-15-16(23)19-18(25)21(4)17(15)24/h5-9H,1-4H3,(H,19,23,25)/b15-9+. The third-order valence-corrected chi connectivity index (χ3v) is 4.22. The van der Waals surface area contributed by atoms with Gasteiger partial charge < -0.3 is 0 Å². The molecule has 2 heterocycles. The van der Waals surface area contributed by atoms with E-state index in [1.807, 2.05) is 45.0 Å². The maximum Gasteiger partial charge on any atom is 0.331 e. The topological polar surface area (TPSA) is 84.3 Å². The largest absolute Gasteiger partial charge is 0.331 e. The lowest BCUT2D eigenvalue weighted by Gasteiger charge is -2.22. The molecule has 3 rings (SSSR count). The number of rotatable bonds is 2. The minimum absolute atomic E-state index is 0.0863. The fourth-order valence-electron chi connectivity index (χ4n) is 2.69. The summed E-state index contributed by atoms with van der Waals surface area (Å²) in [5.41, 5.74) is 4.12. The van der Waals surface area contributed by atoms with Crippen LogP contribution in [0.15, 0.2) is 29.8 Å². The van der Waals surface area contributed by atoms with Crippen LogP contribution in [-0.4, -0.2) is 39.6 Å². The average molecular weight is 338 g/mol. The van der Waals surface area contributed by atoms with Gasteiger partial charge in [0.15, 0.2) is 0 Å².